The van der Waals surface area contributed by atoms with Crippen molar-refractivity contribution in [2.24, 2.45) is 17.6 Å². The van der Waals surface area contributed by atoms with Crippen LogP contribution >= 0.6 is 0 Å². The van der Waals surface area contributed by atoms with Crippen LogP contribution < -0.4 is 21.7 Å². The molecule has 0 amide bonds. The SMILES string of the molecule is CCC(C)CNCCNCCNCCN(CCN)CC(C)CC. The summed E-state index contributed by atoms with van der Waals surface area (Å²) < 4.78 is 0. The Morgan fingerprint density at radius 3 is 1.91 bits per heavy atom. The van der Waals surface area contributed by atoms with Gasteiger partial charge in [0.25, 0.3) is 0 Å². The third-order valence-electron chi connectivity index (χ3n) is 4.46. The number of nitrogens with one attached hydrogen (secondary N) is 3. The van der Waals surface area contributed by atoms with Crippen LogP contribution in [0.1, 0.15) is 40.5 Å². The Labute approximate surface area is 145 Å². The molecule has 140 valence electrons. The number of rotatable bonds is 17. The molecule has 0 spiro atoms. The fourth-order valence-corrected chi connectivity index (χ4v) is 2.38. The van der Waals surface area contributed by atoms with Gasteiger partial charge in [0.15, 0.2) is 0 Å². The van der Waals surface area contributed by atoms with Crippen molar-refractivity contribution in [1.29, 1.82) is 0 Å². The van der Waals surface area contributed by atoms with Crippen LogP contribution in [-0.4, -0.2) is 70.3 Å². The van der Waals surface area contributed by atoms with Crippen molar-refractivity contribution in [1.82, 2.24) is 20.9 Å². The Balaban J connectivity index is 3.42. The highest BCUT2D eigenvalue weighted by Gasteiger charge is 2.07. The highest BCUT2D eigenvalue weighted by Crippen LogP contribution is 2.03. The van der Waals surface area contributed by atoms with Crippen LogP contribution in [0.3, 0.4) is 0 Å². The largest absolute Gasteiger partial charge is 0.329 e. The maximum Gasteiger partial charge on any atom is 0.0107 e. The van der Waals surface area contributed by atoms with Gasteiger partial charge < -0.3 is 26.6 Å². The third kappa shape index (κ3) is 15.1. The maximum atomic E-state index is 5.71. The van der Waals surface area contributed by atoms with Gasteiger partial charge in [-0.2, -0.15) is 0 Å². The lowest BCUT2D eigenvalue weighted by molar-refractivity contribution is 0.240. The smallest absolute Gasteiger partial charge is 0.0107 e. The van der Waals surface area contributed by atoms with Crippen molar-refractivity contribution < 1.29 is 0 Å². The van der Waals surface area contributed by atoms with Crippen LogP contribution in [0.2, 0.25) is 0 Å². The third-order valence-corrected chi connectivity index (χ3v) is 4.46. The fraction of sp³-hybridized carbons (Fsp3) is 1.00. The molecule has 2 unspecified atom stereocenters. The van der Waals surface area contributed by atoms with E-state index in [-0.39, 0.29) is 0 Å². The summed E-state index contributed by atoms with van der Waals surface area (Å²) in [6.45, 7) is 19.5. The normalized spacial score (nSPS) is 14.3. The van der Waals surface area contributed by atoms with Gasteiger partial charge in [-0.1, -0.05) is 40.5 Å². The first kappa shape index (κ1) is 22.8. The molecule has 0 aliphatic carbocycles. The Hall–Kier alpha value is -0.200. The Kier molecular flexibility index (Phi) is 16.5. The Morgan fingerprint density at radius 2 is 1.35 bits per heavy atom. The second-order valence-electron chi connectivity index (χ2n) is 6.82. The molecule has 0 aromatic rings. The molecule has 0 aromatic heterocycles. The molecule has 5 heteroatoms. The molecule has 2 atom stereocenters. The van der Waals surface area contributed by atoms with Crippen molar-refractivity contribution >= 4 is 0 Å². The zero-order valence-electron chi connectivity index (χ0n) is 16.2. The standard InChI is InChI=1S/C18H43N5/c1-5-17(3)15-22-11-10-20-8-9-21-12-14-23(13-7-19)16-18(4)6-2/h17-18,20-22H,5-16,19H2,1-4H3. The highest BCUT2D eigenvalue weighted by atomic mass is 15.1. The second kappa shape index (κ2) is 16.7. The lowest BCUT2D eigenvalue weighted by atomic mass is 10.1. The van der Waals surface area contributed by atoms with Gasteiger partial charge in [-0.15, -0.1) is 0 Å². The minimum absolute atomic E-state index is 0.752. The number of nitrogens with two attached hydrogens (primary N) is 1. The summed E-state index contributed by atoms with van der Waals surface area (Å²) in [5.74, 6) is 1.54. The zero-order chi connectivity index (χ0) is 17.3. The summed E-state index contributed by atoms with van der Waals surface area (Å²) in [7, 11) is 0. The first-order chi connectivity index (χ1) is 11.1. The molecule has 0 rings (SSSR count). The molecule has 0 radical (unpaired) electrons. The first-order valence-corrected chi connectivity index (χ1v) is 9.68. The minimum Gasteiger partial charge on any atom is -0.329 e. The van der Waals surface area contributed by atoms with E-state index in [9.17, 15) is 0 Å². The Morgan fingerprint density at radius 1 is 0.783 bits per heavy atom. The molecule has 23 heavy (non-hydrogen) atoms. The molecule has 0 aromatic carbocycles. The van der Waals surface area contributed by atoms with Crippen molar-refractivity contribution in [2.45, 2.75) is 40.5 Å². The maximum absolute atomic E-state index is 5.71. The van der Waals surface area contributed by atoms with Gasteiger partial charge in [-0.25, -0.2) is 0 Å². The van der Waals surface area contributed by atoms with Crippen LogP contribution in [0.4, 0.5) is 0 Å². The molecule has 0 heterocycles. The van der Waals surface area contributed by atoms with E-state index in [1.54, 1.807) is 0 Å². The van der Waals surface area contributed by atoms with Crippen LogP contribution in [-0.2, 0) is 0 Å². The average Bonchev–Trinajstić information content (AvgIpc) is 2.56. The predicted octanol–water partition coefficient (Wildman–Crippen LogP) is 1.11. The summed E-state index contributed by atoms with van der Waals surface area (Å²) in [5.41, 5.74) is 5.71. The lowest BCUT2D eigenvalue weighted by Gasteiger charge is -2.24. The zero-order valence-corrected chi connectivity index (χ0v) is 16.2. The molecule has 0 fully saturated rings. The molecule has 0 saturated carbocycles. The molecular formula is C18H43N5. The summed E-state index contributed by atoms with van der Waals surface area (Å²) in [6.07, 6.45) is 2.49. The summed E-state index contributed by atoms with van der Waals surface area (Å²) in [4.78, 5) is 2.48. The van der Waals surface area contributed by atoms with E-state index in [1.165, 1.54) is 12.8 Å². The van der Waals surface area contributed by atoms with E-state index in [0.717, 1.165) is 77.3 Å². The number of hydrogen-bond donors (Lipinski definition) is 4. The molecule has 0 saturated heterocycles. The predicted molar refractivity (Wildman–Crippen MR) is 103 cm³/mol. The van der Waals surface area contributed by atoms with Crippen LogP contribution in [0.5, 0.6) is 0 Å². The van der Waals surface area contributed by atoms with Crippen LogP contribution in [0, 0.1) is 11.8 Å². The molecule has 5 nitrogen and oxygen atoms in total. The quantitative estimate of drug-likeness (QED) is 0.301. The molecule has 0 aliphatic heterocycles. The van der Waals surface area contributed by atoms with E-state index in [4.69, 9.17) is 5.73 Å². The molecule has 5 N–H and O–H groups in total. The lowest BCUT2D eigenvalue weighted by Crippen LogP contribution is -2.40. The summed E-state index contributed by atoms with van der Waals surface area (Å²) >= 11 is 0. The average molecular weight is 330 g/mol. The van der Waals surface area contributed by atoms with Crippen molar-refractivity contribution in [3.8, 4) is 0 Å². The second-order valence-corrected chi connectivity index (χ2v) is 6.82. The van der Waals surface area contributed by atoms with Gasteiger partial charge in [0.1, 0.15) is 0 Å². The van der Waals surface area contributed by atoms with E-state index < -0.39 is 0 Å². The van der Waals surface area contributed by atoms with E-state index in [1.807, 2.05) is 0 Å². The van der Waals surface area contributed by atoms with Crippen LogP contribution in [0.25, 0.3) is 0 Å². The molecule has 0 aliphatic rings. The first-order valence-electron chi connectivity index (χ1n) is 9.68. The highest BCUT2D eigenvalue weighted by molar-refractivity contribution is 4.65. The number of hydrogen-bond acceptors (Lipinski definition) is 5. The van der Waals surface area contributed by atoms with Gasteiger partial charge >= 0.3 is 0 Å². The van der Waals surface area contributed by atoms with Gasteiger partial charge in [-0.05, 0) is 18.4 Å². The topological polar surface area (TPSA) is 65.3 Å². The van der Waals surface area contributed by atoms with Gasteiger partial charge in [0.05, 0.1) is 0 Å². The van der Waals surface area contributed by atoms with Crippen LogP contribution in [0.15, 0.2) is 0 Å². The minimum atomic E-state index is 0.752. The Bertz CT molecular complexity index is 237. The van der Waals surface area contributed by atoms with Gasteiger partial charge in [-0.3, -0.25) is 0 Å². The fourth-order valence-electron chi connectivity index (χ4n) is 2.38. The monoisotopic (exact) mass is 329 g/mol. The van der Waals surface area contributed by atoms with Crippen molar-refractivity contribution in [3.63, 3.8) is 0 Å². The van der Waals surface area contributed by atoms with Gasteiger partial charge in [0, 0.05) is 58.9 Å². The summed E-state index contributed by atoms with van der Waals surface area (Å²) in [6, 6.07) is 0. The van der Waals surface area contributed by atoms with E-state index in [0.29, 0.717) is 0 Å². The van der Waals surface area contributed by atoms with Gasteiger partial charge in [0.2, 0.25) is 0 Å². The number of nitrogens with zero attached hydrogens (tertiary/aromatic N) is 1. The summed E-state index contributed by atoms with van der Waals surface area (Å²) in [5, 5.41) is 10.5. The van der Waals surface area contributed by atoms with Crippen molar-refractivity contribution in [2.75, 3.05) is 65.4 Å². The molecule has 0 bridgehead atoms. The van der Waals surface area contributed by atoms with Crippen molar-refractivity contribution in [3.05, 3.63) is 0 Å². The van der Waals surface area contributed by atoms with E-state index in [2.05, 4.69) is 48.5 Å². The van der Waals surface area contributed by atoms with E-state index >= 15 is 0 Å². The molecular weight excluding hydrogens is 286 g/mol.